The van der Waals surface area contributed by atoms with Crippen LogP contribution < -0.4 is 10.5 Å². The van der Waals surface area contributed by atoms with Gasteiger partial charge in [-0.2, -0.15) is 10.5 Å². The Kier molecular flexibility index (Phi) is 4.41. The highest BCUT2D eigenvalue weighted by Gasteiger charge is 2.10. The van der Waals surface area contributed by atoms with Gasteiger partial charge in [-0.1, -0.05) is 12.1 Å². The molecule has 5 nitrogen and oxygen atoms in total. The Morgan fingerprint density at radius 1 is 1.27 bits per heavy atom. The van der Waals surface area contributed by atoms with Gasteiger partial charge in [-0.05, 0) is 36.8 Å². The second-order valence-corrected chi connectivity index (χ2v) is 4.63. The fraction of sp³-hybridized carbons (Fsp3) is 0.118. The van der Waals surface area contributed by atoms with E-state index in [0.717, 1.165) is 11.3 Å². The molecule has 0 aliphatic heterocycles. The van der Waals surface area contributed by atoms with Gasteiger partial charge in [0, 0.05) is 11.3 Å². The van der Waals surface area contributed by atoms with Gasteiger partial charge in [-0.3, -0.25) is 0 Å². The normalized spacial score (nSPS) is 10.6. The van der Waals surface area contributed by atoms with Crippen molar-refractivity contribution in [3.63, 3.8) is 0 Å². The van der Waals surface area contributed by atoms with Crippen LogP contribution in [0.1, 0.15) is 22.5 Å². The van der Waals surface area contributed by atoms with Crippen molar-refractivity contribution in [3.05, 3.63) is 52.8 Å². The lowest BCUT2D eigenvalue weighted by Crippen LogP contribution is -2.00. The van der Waals surface area contributed by atoms with E-state index in [1.54, 1.807) is 38.3 Å². The summed E-state index contributed by atoms with van der Waals surface area (Å²) in [5.41, 5.74) is 8.72. The Morgan fingerprint density at radius 2 is 1.95 bits per heavy atom. The van der Waals surface area contributed by atoms with Gasteiger partial charge in [0.1, 0.15) is 23.6 Å². The number of methoxy groups -OCH3 is 1. The second kappa shape index (κ2) is 6.43. The average molecular weight is 290 g/mol. The van der Waals surface area contributed by atoms with E-state index in [4.69, 9.17) is 15.7 Å². The van der Waals surface area contributed by atoms with Gasteiger partial charge in [0.05, 0.1) is 18.4 Å². The summed E-state index contributed by atoms with van der Waals surface area (Å²) in [4.78, 5) is 4.20. The van der Waals surface area contributed by atoms with E-state index >= 15 is 0 Å². The molecule has 0 radical (unpaired) electrons. The number of aromatic nitrogens is 1. The molecule has 0 fully saturated rings. The van der Waals surface area contributed by atoms with Crippen molar-refractivity contribution >= 4 is 17.3 Å². The van der Waals surface area contributed by atoms with Crippen LogP contribution in [0, 0.1) is 29.6 Å². The molecule has 108 valence electrons. The third-order valence-electron chi connectivity index (χ3n) is 3.24. The Labute approximate surface area is 128 Å². The van der Waals surface area contributed by atoms with Crippen molar-refractivity contribution in [2.75, 3.05) is 12.8 Å². The van der Waals surface area contributed by atoms with Gasteiger partial charge >= 0.3 is 0 Å². The van der Waals surface area contributed by atoms with Gasteiger partial charge in [0.15, 0.2) is 0 Å². The Morgan fingerprint density at radius 3 is 2.50 bits per heavy atom. The zero-order valence-electron chi connectivity index (χ0n) is 12.3. The van der Waals surface area contributed by atoms with Crippen molar-refractivity contribution in [3.8, 4) is 17.9 Å². The molecule has 22 heavy (non-hydrogen) atoms. The van der Waals surface area contributed by atoms with Gasteiger partial charge in [-0.15, -0.1) is 0 Å². The van der Waals surface area contributed by atoms with Crippen LogP contribution in [-0.4, -0.2) is 12.1 Å². The number of benzene rings is 1. The summed E-state index contributed by atoms with van der Waals surface area (Å²) in [5, 5.41) is 18.4. The summed E-state index contributed by atoms with van der Waals surface area (Å²) in [6, 6.07) is 13.0. The lowest BCUT2D eigenvalue weighted by molar-refractivity contribution is 0.415. The first-order chi connectivity index (χ1) is 10.6. The van der Waals surface area contributed by atoms with Crippen molar-refractivity contribution in [1.29, 1.82) is 10.5 Å². The van der Waals surface area contributed by atoms with E-state index in [0.29, 0.717) is 22.5 Å². The fourth-order valence-electron chi connectivity index (χ4n) is 1.91. The third kappa shape index (κ3) is 3.05. The maximum absolute atomic E-state index is 9.36. The molecule has 0 aliphatic rings. The number of nitrogens with two attached hydrogens (primary N) is 1. The Balaban J connectivity index is 2.48. The third-order valence-corrected chi connectivity index (χ3v) is 3.24. The second-order valence-electron chi connectivity index (χ2n) is 4.63. The van der Waals surface area contributed by atoms with Crippen molar-refractivity contribution in [1.82, 2.24) is 4.98 Å². The molecule has 0 spiro atoms. The molecule has 0 atom stereocenters. The number of allylic oxidation sites excluding steroid dienone is 1. The van der Waals surface area contributed by atoms with Crippen LogP contribution in [-0.2, 0) is 0 Å². The summed E-state index contributed by atoms with van der Waals surface area (Å²) >= 11 is 0. The van der Waals surface area contributed by atoms with E-state index in [9.17, 15) is 5.26 Å². The van der Waals surface area contributed by atoms with Crippen LogP contribution in [0.5, 0.6) is 5.75 Å². The monoisotopic (exact) mass is 290 g/mol. The van der Waals surface area contributed by atoms with Crippen LogP contribution in [0.4, 0.5) is 5.69 Å². The molecule has 0 amide bonds. The maximum Gasteiger partial charge on any atom is 0.146 e. The summed E-state index contributed by atoms with van der Waals surface area (Å²) in [7, 11) is 1.59. The van der Waals surface area contributed by atoms with Gasteiger partial charge in [-0.25, -0.2) is 4.98 Å². The van der Waals surface area contributed by atoms with Gasteiger partial charge in [0.25, 0.3) is 0 Å². The largest absolute Gasteiger partial charge is 0.497 e. The molecule has 0 aliphatic carbocycles. The van der Waals surface area contributed by atoms with Crippen LogP contribution >= 0.6 is 0 Å². The number of pyridine rings is 1. The minimum absolute atomic E-state index is 0.228. The highest BCUT2D eigenvalue weighted by Crippen LogP contribution is 2.22. The first-order valence-corrected chi connectivity index (χ1v) is 6.52. The van der Waals surface area contributed by atoms with Crippen molar-refractivity contribution in [2.45, 2.75) is 6.92 Å². The Hall–Kier alpha value is -3.31. The fourth-order valence-corrected chi connectivity index (χ4v) is 1.91. The SMILES string of the molecule is COc1ccc(/C=C(\C#N)c2cc(N)c(C)c(C#N)n2)cc1. The zero-order chi connectivity index (χ0) is 16.1. The van der Waals surface area contributed by atoms with Crippen LogP contribution in [0.3, 0.4) is 0 Å². The lowest BCUT2D eigenvalue weighted by atomic mass is 10.1. The van der Waals surface area contributed by atoms with E-state index < -0.39 is 0 Å². The summed E-state index contributed by atoms with van der Waals surface area (Å²) in [5.74, 6) is 0.736. The number of nitrogens with zero attached hydrogens (tertiary/aromatic N) is 3. The molecule has 1 aromatic carbocycles. The molecule has 1 aromatic heterocycles. The number of ether oxygens (including phenoxy) is 1. The standard InChI is InChI=1S/C17H14N4O/c1-11-15(20)8-16(21-17(11)10-19)13(9-18)7-12-3-5-14(22-2)6-4-12/h3-8H,1-2H3,(H2,20,21)/b13-7+. The molecule has 2 rings (SSSR count). The number of hydrogen-bond donors (Lipinski definition) is 1. The van der Waals surface area contributed by atoms with E-state index in [1.165, 1.54) is 0 Å². The molecule has 2 aromatic rings. The average Bonchev–Trinajstić information content (AvgIpc) is 2.55. The van der Waals surface area contributed by atoms with Crippen molar-refractivity contribution < 1.29 is 4.74 Å². The molecule has 1 heterocycles. The minimum Gasteiger partial charge on any atom is -0.497 e. The quantitative estimate of drug-likeness (QED) is 0.877. The Bertz CT molecular complexity index is 808. The molecule has 5 heteroatoms. The zero-order valence-corrected chi connectivity index (χ0v) is 12.3. The maximum atomic E-state index is 9.36. The lowest BCUT2D eigenvalue weighted by Gasteiger charge is -2.06. The van der Waals surface area contributed by atoms with E-state index in [1.807, 2.05) is 18.2 Å². The number of rotatable bonds is 3. The molecular formula is C17H14N4O. The van der Waals surface area contributed by atoms with Gasteiger partial charge in [0.2, 0.25) is 0 Å². The van der Waals surface area contributed by atoms with Crippen molar-refractivity contribution in [2.24, 2.45) is 0 Å². The summed E-state index contributed by atoms with van der Waals surface area (Å²) < 4.78 is 5.09. The number of nitriles is 2. The molecule has 0 unspecified atom stereocenters. The first kappa shape index (κ1) is 15.1. The first-order valence-electron chi connectivity index (χ1n) is 6.52. The smallest absolute Gasteiger partial charge is 0.146 e. The summed E-state index contributed by atoms with van der Waals surface area (Å²) in [6.07, 6.45) is 1.69. The topological polar surface area (TPSA) is 95.7 Å². The van der Waals surface area contributed by atoms with Gasteiger partial charge < -0.3 is 10.5 Å². The molecule has 0 saturated carbocycles. The van der Waals surface area contributed by atoms with E-state index in [-0.39, 0.29) is 5.69 Å². The number of anilines is 1. The van der Waals surface area contributed by atoms with Crippen LogP contribution in [0.25, 0.3) is 11.6 Å². The van der Waals surface area contributed by atoms with E-state index in [2.05, 4.69) is 11.1 Å². The summed E-state index contributed by atoms with van der Waals surface area (Å²) in [6.45, 7) is 1.73. The highest BCUT2D eigenvalue weighted by molar-refractivity contribution is 5.89. The molecule has 0 bridgehead atoms. The predicted octanol–water partition coefficient (Wildman–Crippen LogP) is 2.92. The molecular weight excluding hydrogens is 276 g/mol. The number of hydrogen-bond acceptors (Lipinski definition) is 5. The number of nitrogen functional groups attached to an aromatic ring is 1. The highest BCUT2D eigenvalue weighted by atomic mass is 16.5. The van der Waals surface area contributed by atoms with Crippen LogP contribution in [0.15, 0.2) is 30.3 Å². The predicted molar refractivity (Wildman–Crippen MR) is 84.6 cm³/mol. The molecule has 2 N–H and O–H groups in total. The minimum atomic E-state index is 0.228. The van der Waals surface area contributed by atoms with Crippen LogP contribution in [0.2, 0.25) is 0 Å². The molecule has 0 saturated heterocycles.